The second-order valence-electron chi connectivity index (χ2n) is 4.73. The van der Waals surface area contributed by atoms with Crippen molar-refractivity contribution >= 4 is 10.0 Å². The number of nitrogens with zero attached hydrogens (tertiary/aromatic N) is 3. The summed E-state index contributed by atoms with van der Waals surface area (Å²) in [6.07, 6.45) is 2.18. The molecule has 0 aliphatic heterocycles. The highest BCUT2D eigenvalue weighted by Gasteiger charge is 2.37. The summed E-state index contributed by atoms with van der Waals surface area (Å²) in [5, 5.41) is 17.3. The lowest BCUT2D eigenvalue weighted by molar-refractivity contribution is 0.411. The Kier molecular flexibility index (Phi) is 4.39. The van der Waals surface area contributed by atoms with Crippen LogP contribution in [0.3, 0.4) is 0 Å². The highest BCUT2D eigenvalue weighted by molar-refractivity contribution is 7.89. The van der Waals surface area contributed by atoms with Crippen LogP contribution in [0, 0.1) is 22.7 Å². The van der Waals surface area contributed by atoms with E-state index in [0.29, 0.717) is 0 Å². The van der Waals surface area contributed by atoms with E-state index in [-0.39, 0.29) is 30.3 Å². The summed E-state index contributed by atoms with van der Waals surface area (Å²) in [7, 11) is -3.54. The highest BCUT2D eigenvalue weighted by Crippen LogP contribution is 2.32. The molecule has 2 rings (SSSR count). The first-order valence-corrected chi connectivity index (χ1v) is 7.88. The van der Waals surface area contributed by atoms with E-state index in [0.717, 1.165) is 18.4 Å². The second kappa shape index (κ2) is 6.04. The molecule has 1 aromatic carbocycles. The van der Waals surface area contributed by atoms with Crippen molar-refractivity contribution < 1.29 is 8.42 Å². The summed E-state index contributed by atoms with van der Waals surface area (Å²) < 4.78 is 26.5. The Morgan fingerprint density at radius 1 is 1.15 bits per heavy atom. The highest BCUT2D eigenvalue weighted by atomic mass is 32.2. The monoisotopic (exact) mass is 289 g/mol. The van der Waals surface area contributed by atoms with Crippen molar-refractivity contribution in [3.05, 3.63) is 29.8 Å². The van der Waals surface area contributed by atoms with Gasteiger partial charge in [0.15, 0.2) is 0 Å². The molecule has 0 atom stereocenters. The number of rotatable bonds is 6. The fraction of sp³-hybridized carbons (Fsp3) is 0.429. The van der Waals surface area contributed by atoms with Crippen molar-refractivity contribution in [2.24, 2.45) is 0 Å². The maximum absolute atomic E-state index is 12.5. The van der Waals surface area contributed by atoms with Gasteiger partial charge >= 0.3 is 0 Å². The molecular weight excluding hydrogens is 274 g/mol. The van der Waals surface area contributed by atoms with Gasteiger partial charge in [0.2, 0.25) is 10.0 Å². The third-order valence-electron chi connectivity index (χ3n) is 3.21. The molecule has 1 aromatic rings. The molecule has 1 aliphatic rings. The number of nitriles is 2. The van der Waals surface area contributed by atoms with Gasteiger partial charge in [-0.15, -0.1) is 0 Å². The number of hydrogen-bond donors (Lipinski definition) is 0. The molecule has 6 heteroatoms. The molecule has 0 amide bonds. The maximum Gasteiger partial charge on any atom is 0.243 e. The summed E-state index contributed by atoms with van der Waals surface area (Å²) in [5.74, 6) is 0. The molecule has 0 N–H and O–H groups in total. The molecule has 1 fully saturated rings. The quantitative estimate of drug-likeness (QED) is 0.799. The van der Waals surface area contributed by atoms with Crippen molar-refractivity contribution in [3.8, 4) is 12.1 Å². The zero-order valence-electron chi connectivity index (χ0n) is 11.0. The summed E-state index contributed by atoms with van der Waals surface area (Å²) in [4.78, 5) is 0.226. The molecule has 0 saturated heterocycles. The molecule has 1 saturated carbocycles. The van der Waals surface area contributed by atoms with Gasteiger partial charge in [-0.05, 0) is 30.5 Å². The molecule has 0 bridgehead atoms. The summed E-state index contributed by atoms with van der Waals surface area (Å²) >= 11 is 0. The lowest BCUT2D eigenvalue weighted by atomic mass is 10.2. The van der Waals surface area contributed by atoms with Crippen LogP contribution in [0.5, 0.6) is 0 Å². The molecule has 0 radical (unpaired) electrons. The summed E-state index contributed by atoms with van der Waals surface area (Å²) in [6.45, 7) is 0.240. The Morgan fingerprint density at radius 3 is 2.30 bits per heavy atom. The zero-order chi connectivity index (χ0) is 14.6. The van der Waals surface area contributed by atoms with E-state index < -0.39 is 10.0 Å². The third-order valence-corrected chi connectivity index (χ3v) is 5.18. The van der Waals surface area contributed by atoms with Gasteiger partial charge in [-0.25, -0.2) is 8.42 Å². The first-order chi connectivity index (χ1) is 9.59. The molecule has 104 valence electrons. The van der Waals surface area contributed by atoms with E-state index in [2.05, 4.69) is 0 Å². The number of sulfonamides is 1. The molecule has 5 nitrogen and oxygen atoms in total. The van der Waals surface area contributed by atoms with Gasteiger partial charge in [-0.2, -0.15) is 14.8 Å². The Balaban J connectivity index is 2.23. The SMILES string of the molecule is N#CCCN(C1CC1)S(=O)(=O)c1ccc(CC#N)cc1. The average Bonchev–Trinajstić information content (AvgIpc) is 3.24. The van der Waals surface area contributed by atoms with Gasteiger partial charge in [0, 0.05) is 19.0 Å². The standard InChI is InChI=1S/C14H15N3O2S/c15-9-1-11-17(13-4-5-13)20(18,19)14-6-2-12(3-7-14)8-10-16/h2-3,6-7,13H,1,4-5,8,11H2. The zero-order valence-corrected chi connectivity index (χ0v) is 11.8. The fourth-order valence-electron chi connectivity index (χ4n) is 2.03. The normalized spacial score (nSPS) is 14.8. The fourth-order valence-corrected chi connectivity index (χ4v) is 3.71. The Morgan fingerprint density at radius 2 is 1.80 bits per heavy atom. The molecule has 1 aliphatic carbocycles. The van der Waals surface area contributed by atoms with Crippen molar-refractivity contribution in [2.75, 3.05) is 6.54 Å². The van der Waals surface area contributed by atoms with Gasteiger partial charge in [0.1, 0.15) is 0 Å². The van der Waals surface area contributed by atoms with Crippen LogP contribution < -0.4 is 0 Å². The van der Waals surface area contributed by atoms with Crippen LogP contribution in [-0.2, 0) is 16.4 Å². The topological polar surface area (TPSA) is 85.0 Å². The minimum atomic E-state index is -3.54. The predicted molar refractivity (Wildman–Crippen MR) is 72.9 cm³/mol. The van der Waals surface area contributed by atoms with Crippen LogP contribution in [-0.4, -0.2) is 25.3 Å². The largest absolute Gasteiger partial charge is 0.243 e. The lowest BCUT2D eigenvalue weighted by Crippen LogP contribution is -2.33. The Labute approximate surface area is 119 Å². The second-order valence-corrected chi connectivity index (χ2v) is 6.62. The first-order valence-electron chi connectivity index (χ1n) is 6.44. The molecular formula is C14H15N3O2S. The minimum Gasteiger partial charge on any atom is -0.207 e. The van der Waals surface area contributed by atoms with Gasteiger partial charge in [0.05, 0.1) is 23.5 Å². The van der Waals surface area contributed by atoms with E-state index in [4.69, 9.17) is 10.5 Å². The van der Waals surface area contributed by atoms with E-state index in [1.165, 1.54) is 16.4 Å². The first kappa shape index (κ1) is 14.5. The Bertz CT molecular complexity index is 649. The predicted octanol–water partition coefficient (Wildman–Crippen LogP) is 1.82. The number of hydrogen-bond acceptors (Lipinski definition) is 4. The van der Waals surface area contributed by atoms with Crippen LogP contribution in [0.2, 0.25) is 0 Å². The van der Waals surface area contributed by atoms with Gasteiger partial charge in [-0.1, -0.05) is 12.1 Å². The minimum absolute atomic E-state index is 0.0344. The van der Waals surface area contributed by atoms with Crippen LogP contribution >= 0.6 is 0 Å². The van der Waals surface area contributed by atoms with E-state index in [9.17, 15) is 8.42 Å². The van der Waals surface area contributed by atoms with Crippen molar-refractivity contribution in [1.29, 1.82) is 10.5 Å². The summed E-state index contributed by atoms with van der Waals surface area (Å²) in [6, 6.07) is 10.4. The molecule has 0 aromatic heterocycles. The van der Waals surface area contributed by atoms with E-state index in [1.54, 1.807) is 12.1 Å². The van der Waals surface area contributed by atoms with Crippen LogP contribution in [0.1, 0.15) is 24.8 Å². The molecule has 0 unspecified atom stereocenters. The molecule has 0 heterocycles. The summed E-state index contributed by atoms with van der Waals surface area (Å²) in [5.41, 5.74) is 0.793. The van der Waals surface area contributed by atoms with Crippen molar-refractivity contribution in [2.45, 2.75) is 36.6 Å². The molecule has 20 heavy (non-hydrogen) atoms. The van der Waals surface area contributed by atoms with Crippen LogP contribution in [0.4, 0.5) is 0 Å². The van der Waals surface area contributed by atoms with Crippen molar-refractivity contribution in [1.82, 2.24) is 4.31 Å². The van der Waals surface area contributed by atoms with Crippen LogP contribution in [0.15, 0.2) is 29.2 Å². The van der Waals surface area contributed by atoms with Gasteiger partial charge in [-0.3, -0.25) is 0 Å². The maximum atomic E-state index is 12.5. The lowest BCUT2D eigenvalue weighted by Gasteiger charge is -2.20. The average molecular weight is 289 g/mol. The van der Waals surface area contributed by atoms with E-state index >= 15 is 0 Å². The van der Waals surface area contributed by atoms with Crippen molar-refractivity contribution in [3.63, 3.8) is 0 Å². The third kappa shape index (κ3) is 3.16. The van der Waals surface area contributed by atoms with E-state index in [1.807, 2.05) is 12.1 Å². The van der Waals surface area contributed by atoms with Crippen LogP contribution in [0.25, 0.3) is 0 Å². The number of benzene rings is 1. The van der Waals surface area contributed by atoms with Gasteiger partial charge in [0.25, 0.3) is 0 Å². The Hall–Kier alpha value is -1.89. The van der Waals surface area contributed by atoms with Gasteiger partial charge < -0.3 is 0 Å². The smallest absolute Gasteiger partial charge is 0.207 e. The molecule has 0 spiro atoms.